The lowest BCUT2D eigenvalue weighted by Crippen LogP contribution is -2.45. The molecule has 2 N–H and O–H groups in total. The van der Waals surface area contributed by atoms with Crippen LogP contribution < -0.4 is 5.32 Å². The summed E-state index contributed by atoms with van der Waals surface area (Å²) in [6, 6.07) is 0.369. The SMILES string of the molecule is CCC(CC)(CO)CNC(COC)C(C)C. The molecule has 0 spiro atoms. The highest BCUT2D eigenvalue weighted by Crippen LogP contribution is 2.24. The third kappa shape index (κ3) is 4.81. The van der Waals surface area contributed by atoms with Crippen molar-refractivity contribution < 1.29 is 9.84 Å². The Balaban J connectivity index is 4.25. The molecule has 0 aromatic rings. The van der Waals surface area contributed by atoms with Crippen molar-refractivity contribution in [1.82, 2.24) is 5.32 Å². The van der Waals surface area contributed by atoms with Gasteiger partial charge in [-0.1, -0.05) is 27.7 Å². The highest BCUT2D eigenvalue weighted by atomic mass is 16.5. The molecule has 0 aromatic carbocycles. The van der Waals surface area contributed by atoms with E-state index in [4.69, 9.17) is 4.74 Å². The van der Waals surface area contributed by atoms with E-state index in [-0.39, 0.29) is 12.0 Å². The van der Waals surface area contributed by atoms with Crippen LogP contribution in [0.2, 0.25) is 0 Å². The zero-order valence-electron chi connectivity index (χ0n) is 11.5. The normalized spacial score (nSPS) is 14.4. The highest BCUT2D eigenvalue weighted by Gasteiger charge is 2.26. The number of aliphatic hydroxyl groups is 1. The molecule has 0 fully saturated rings. The van der Waals surface area contributed by atoms with Gasteiger partial charge in [0.05, 0.1) is 6.61 Å². The van der Waals surface area contributed by atoms with Gasteiger partial charge in [0.2, 0.25) is 0 Å². The summed E-state index contributed by atoms with van der Waals surface area (Å²) in [7, 11) is 1.73. The molecule has 0 aliphatic heterocycles. The Morgan fingerprint density at radius 1 is 1.25 bits per heavy atom. The molecule has 0 aromatic heterocycles. The van der Waals surface area contributed by atoms with E-state index in [0.29, 0.717) is 12.0 Å². The maximum absolute atomic E-state index is 9.49. The smallest absolute Gasteiger partial charge is 0.0618 e. The van der Waals surface area contributed by atoms with E-state index < -0.39 is 0 Å². The monoisotopic (exact) mass is 231 g/mol. The Hall–Kier alpha value is -0.120. The van der Waals surface area contributed by atoms with Crippen LogP contribution >= 0.6 is 0 Å². The van der Waals surface area contributed by atoms with Gasteiger partial charge in [0.25, 0.3) is 0 Å². The van der Waals surface area contributed by atoms with Crippen LogP contribution in [0.15, 0.2) is 0 Å². The van der Waals surface area contributed by atoms with Crippen LogP contribution in [0.4, 0.5) is 0 Å². The molecule has 0 bridgehead atoms. The third-order valence-electron chi connectivity index (χ3n) is 3.73. The number of hydrogen-bond donors (Lipinski definition) is 2. The van der Waals surface area contributed by atoms with E-state index in [2.05, 4.69) is 33.0 Å². The quantitative estimate of drug-likeness (QED) is 0.638. The lowest BCUT2D eigenvalue weighted by molar-refractivity contribution is 0.0920. The van der Waals surface area contributed by atoms with Gasteiger partial charge in [0.1, 0.15) is 0 Å². The molecule has 1 atom stereocenters. The fourth-order valence-corrected chi connectivity index (χ4v) is 1.79. The number of hydrogen-bond acceptors (Lipinski definition) is 3. The van der Waals surface area contributed by atoms with Crippen LogP contribution in [0.25, 0.3) is 0 Å². The van der Waals surface area contributed by atoms with Gasteiger partial charge in [-0.05, 0) is 18.8 Å². The number of methoxy groups -OCH3 is 1. The summed E-state index contributed by atoms with van der Waals surface area (Å²) in [6.45, 7) is 10.5. The van der Waals surface area contributed by atoms with Crippen LogP contribution in [0.1, 0.15) is 40.5 Å². The summed E-state index contributed by atoms with van der Waals surface area (Å²) < 4.78 is 5.21. The van der Waals surface area contributed by atoms with Crippen LogP contribution in [0.3, 0.4) is 0 Å². The van der Waals surface area contributed by atoms with Crippen LogP contribution in [-0.2, 0) is 4.74 Å². The minimum atomic E-state index is 0.0287. The van der Waals surface area contributed by atoms with Crippen molar-refractivity contribution in [2.75, 3.05) is 26.9 Å². The number of rotatable bonds is 9. The number of ether oxygens (including phenoxy) is 1. The van der Waals surface area contributed by atoms with Crippen molar-refractivity contribution in [3.8, 4) is 0 Å². The predicted molar refractivity (Wildman–Crippen MR) is 68.6 cm³/mol. The molecule has 0 rings (SSSR count). The Morgan fingerprint density at radius 2 is 1.81 bits per heavy atom. The van der Waals surface area contributed by atoms with Gasteiger partial charge >= 0.3 is 0 Å². The van der Waals surface area contributed by atoms with Gasteiger partial charge in [0.15, 0.2) is 0 Å². The maximum atomic E-state index is 9.49. The maximum Gasteiger partial charge on any atom is 0.0618 e. The Morgan fingerprint density at radius 3 is 2.12 bits per heavy atom. The second kappa shape index (κ2) is 8.04. The topological polar surface area (TPSA) is 41.5 Å². The van der Waals surface area contributed by atoms with Crippen LogP contribution in [0.5, 0.6) is 0 Å². The van der Waals surface area contributed by atoms with E-state index in [9.17, 15) is 5.11 Å². The van der Waals surface area contributed by atoms with Crippen molar-refractivity contribution in [2.45, 2.75) is 46.6 Å². The summed E-state index contributed by atoms with van der Waals surface area (Å²) in [4.78, 5) is 0. The Kier molecular flexibility index (Phi) is 7.98. The van der Waals surface area contributed by atoms with Crippen LogP contribution in [-0.4, -0.2) is 38.0 Å². The summed E-state index contributed by atoms with van der Waals surface area (Å²) in [6.07, 6.45) is 2.01. The van der Waals surface area contributed by atoms with Crippen molar-refractivity contribution in [3.05, 3.63) is 0 Å². The third-order valence-corrected chi connectivity index (χ3v) is 3.73. The van der Waals surface area contributed by atoms with E-state index in [1.807, 2.05) is 0 Å². The van der Waals surface area contributed by atoms with E-state index >= 15 is 0 Å². The van der Waals surface area contributed by atoms with Gasteiger partial charge in [-0.15, -0.1) is 0 Å². The zero-order valence-corrected chi connectivity index (χ0v) is 11.5. The molecule has 0 saturated carbocycles. The van der Waals surface area contributed by atoms with Crippen molar-refractivity contribution >= 4 is 0 Å². The van der Waals surface area contributed by atoms with Crippen LogP contribution in [0, 0.1) is 11.3 Å². The average Bonchev–Trinajstić information content (AvgIpc) is 2.29. The van der Waals surface area contributed by atoms with Gasteiger partial charge in [-0.3, -0.25) is 0 Å². The molecular weight excluding hydrogens is 202 g/mol. The first-order valence-corrected chi connectivity index (χ1v) is 6.38. The lowest BCUT2D eigenvalue weighted by atomic mass is 9.83. The predicted octanol–water partition coefficient (Wildman–Crippen LogP) is 2.05. The lowest BCUT2D eigenvalue weighted by Gasteiger charge is -2.33. The van der Waals surface area contributed by atoms with E-state index in [1.165, 1.54) is 0 Å². The van der Waals surface area contributed by atoms with Gasteiger partial charge in [0, 0.05) is 31.7 Å². The second-order valence-corrected chi connectivity index (χ2v) is 5.05. The Labute approximate surface area is 101 Å². The molecular formula is C13H29NO2. The zero-order chi connectivity index (χ0) is 12.6. The largest absolute Gasteiger partial charge is 0.396 e. The molecule has 3 heteroatoms. The summed E-state index contributed by atoms with van der Waals surface area (Å²) in [5.41, 5.74) is 0.0287. The van der Waals surface area contributed by atoms with Gasteiger partial charge < -0.3 is 15.2 Å². The molecule has 3 nitrogen and oxygen atoms in total. The molecule has 98 valence electrons. The van der Waals surface area contributed by atoms with Gasteiger partial charge in [-0.2, -0.15) is 0 Å². The summed E-state index contributed by atoms with van der Waals surface area (Å²) in [5.74, 6) is 0.546. The molecule has 0 radical (unpaired) electrons. The first-order chi connectivity index (χ1) is 7.55. The Bertz CT molecular complexity index is 159. The van der Waals surface area contributed by atoms with E-state index in [1.54, 1.807) is 7.11 Å². The van der Waals surface area contributed by atoms with Crippen molar-refractivity contribution in [2.24, 2.45) is 11.3 Å². The first kappa shape index (κ1) is 15.9. The average molecular weight is 231 g/mol. The van der Waals surface area contributed by atoms with Crippen molar-refractivity contribution in [3.63, 3.8) is 0 Å². The minimum Gasteiger partial charge on any atom is -0.396 e. The van der Waals surface area contributed by atoms with Gasteiger partial charge in [-0.25, -0.2) is 0 Å². The fraction of sp³-hybridized carbons (Fsp3) is 1.00. The van der Waals surface area contributed by atoms with Crippen molar-refractivity contribution in [1.29, 1.82) is 0 Å². The molecule has 0 amide bonds. The number of nitrogens with one attached hydrogen (secondary N) is 1. The molecule has 1 unspecified atom stereocenters. The molecule has 16 heavy (non-hydrogen) atoms. The standard InChI is InChI=1S/C13H29NO2/c1-6-13(7-2,10-15)9-14-12(8-16-5)11(3)4/h11-12,14-15H,6-10H2,1-5H3. The second-order valence-electron chi connectivity index (χ2n) is 5.05. The minimum absolute atomic E-state index is 0.0287. The molecule has 0 aliphatic rings. The molecule has 0 heterocycles. The molecule has 0 saturated heterocycles. The highest BCUT2D eigenvalue weighted by molar-refractivity contribution is 4.81. The molecule has 0 aliphatic carbocycles. The first-order valence-electron chi connectivity index (χ1n) is 6.38. The fourth-order valence-electron chi connectivity index (χ4n) is 1.79. The summed E-state index contributed by atoms with van der Waals surface area (Å²) in [5, 5.41) is 13.0. The summed E-state index contributed by atoms with van der Waals surface area (Å²) >= 11 is 0. The van der Waals surface area contributed by atoms with E-state index in [0.717, 1.165) is 26.0 Å². The number of aliphatic hydroxyl groups excluding tert-OH is 1.